The maximum atomic E-state index is 12.2. The lowest BCUT2D eigenvalue weighted by Crippen LogP contribution is -2.20. The number of benzene rings is 3. The van der Waals surface area contributed by atoms with Gasteiger partial charge in [0, 0.05) is 16.3 Å². The van der Waals surface area contributed by atoms with Crippen molar-refractivity contribution in [3.8, 4) is 16.3 Å². The molecule has 29 heavy (non-hydrogen) atoms. The maximum Gasteiger partial charge on any atom is 0.262 e. The van der Waals surface area contributed by atoms with Crippen molar-refractivity contribution in [3.05, 3.63) is 75.7 Å². The molecule has 0 unspecified atom stereocenters. The summed E-state index contributed by atoms with van der Waals surface area (Å²) >= 11 is 19.9. The van der Waals surface area contributed by atoms with Gasteiger partial charge in [-0.2, -0.15) is 0 Å². The Morgan fingerprint density at radius 1 is 1.00 bits per heavy atom. The van der Waals surface area contributed by atoms with Crippen molar-refractivity contribution < 1.29 is 9.53 Å². The number of hydrogen-bond donors (Lipinski definition) is 1. The standard InChI is InChI=1S/C21H13Cl3N2O2S/c22-12-5-8-18(16(24)9-12)28-11-20(27)25-13-6-7-14(15(23)10-13)21-26-17-3-1-2-4-19(17)29-21/h1-10H,11H2,(H,25,27). The summed E-state index contributed by atoms with van der Waals surface area (Å²) in [5.41, 5.74) is 2.31. The van der Waals surface area contributed by atoms with Crippen LogP contribution in [0.4, 0.5) is 5.69 Å². The molecule has 8 heteroatoms. The number of anilines is 1. The van der Waals surface area contributed by atoms with E-state index in [-0.39, 0.29) is 12.5 Å². The number of nitrogens with zero attached hydrogens (tertiary/aromatic N) is 1. The number of carbonyl (C=O) groups excluding carboxylic acids is 1. The number of para-hydroxylation sites is 1. The molecule has 146 valence electrons. The molecule has 0 aliphatic carbocycles. The molecule has 4 rings (SSSR count). The molecular weight excluding hydrogens is 451 g/mol. The number of rotatable bonds is 5. The zero-order chi connectivity index (χ0) is 20.4. The van der Waals surface area contributed by atoms with Crippen LogP contribution in [0.25, 0.3) is 20.8 Å². The van der Waals surface area contributed by atoms with Gasteiger partial charge in [-0.25, -0.2) is 4.98 Å². The molecule has 1 heterocycles. The normalized spacial score (nSPS) is 10.9. The van der Waals surface area contributed by atoms with Gasteiger partial charge in [0.15, 0.2) is 6.61 Å². The number of ether oxygens (including phenoxy) is 1. The van der Waals surface area contributed by atoms with E-state index in [0.29, 0.717) is 26.5 Å². The summed E-state index contributed by atoms with van der Waals surface area (Å²) < 4.78 is 6.53. The van der Waals surface area contributed by atoms with E-state index in [0.717, 1.165) is 20.8 Å². The van der Waals surface area contributed by atoms with Gasteiger partial charge in [0.1, 0.15) is 10.8 Å². The third-order valence-corrected chi connectivity index (χ3v) is 5.94. The summed E-state index contributed by atoms with van der Waals surface area (Å²) in [5.74, 6) is 0.0512. The van der Waals surface area contributed by atoms with Crippen LogP contribution in [0.15, 0.2) is 60.7 Å². The fourth-order valence-corrected chi connectivity index (χ4v) is 4.48. The summed E-state index contributed by atoms with van der Waals surface area (Å²) in [7, 11) is 0. The molecule has 0 atom stereocenters. The molecule has 0 saturated carbocycles. The average Bonchev–Trinajstić information content (AvgIpc) is 3.11. The Kier molecular flexibility index (Phi) is 5.92. The Morgan fingerprint density at radius 2 is 1.83 bits per heavy atom. The smallest absolute Gasteiger partial charge is 0.262 e. The van der Waals surface area contributed by atoms with E-state index in [9.17, 15) is 4.79 Å². The predicted molar refractivity (Wildman–Crippen MR) is 121 cm³/mol. The average molecular weight is 464 g/mol. The van der Waals surface area contributed by atoms with Gasteiger partial charge in [0.2, 0.25) is 0 Å². The van der Waals surface area contributed by atoms with Gasteiger partial charge in [-0.05, 0) is 48.5 Å². The van der Waals surface area contributed by atoms with Crippen molar-refractivity contribution in [1.29, 1.82) is 0 Å². The Labute approximate surface area is 186 Å². The second-order valence-electron chi connectivity index (χ2n) is 6.09. The zero-order valence-corrected chi connectivity index (χ0v) is 17.9. The lowest BCUT2D eigenvalue weighted by Gasteiger charge is -2.10. The largest absolute Gasteiger partial charge is 0.482 e. The maximum absolute atomic E-state index is 12.2. The first-order chi connectivity index (χ1) is 14.0. The van der Waals surface area contributed by atoms with E-state index in [2.05, 4.69) is 10.3 Å². The van der Waals surface area contributed by atoms with Gasteiger partial charge in [0.25, 0.3) is 5.91 Å². The molecule has 4 nitrogen and oxygen atoms in total. The third-order valence-electron chi connectivity index (χ3n) is 4.03. The van der Waals surface area contributed by atoms with Crippen LogP contribution in [0.2, 0.25) is 15.1 Å². The van der Waals surface area contributed by atoms with Crippen LogP contribution in [-0.4, -0.2) is 17.5 Å². The lowest BCUT2D eigenvalue weighted by atomic mass is 10.2. The molecule has 3 aromatic carbocycles. The number of thiazole rings is 1. The van der Waals surface area contributed by atoms with Gasteiger partial charge >= 0.3 is 0 Å². The molecule has 1 N–H and O–H groups in total. The molecule has 0 aliphatic rings. The van der Waals surface area contributed by atoms with Gasteiger partial charge < -0.3 is 10.1 Å². The van der Waals surface area contributed by atoms with E-state index < -0.39 is 0 Å². The topological polar surface area (TPSA) is 51.2 Å². The molecule has 4 aromatic rings. The number of fused-ring (bicyclic) bond motifs is 1. The fraction of sp³-hybridized carbons (Fsp3) is 0.0476. The fourth-order valence-electron chi connectivity index (χ4n) is 2.69. The Hall–Kier alpha value is -2.31. The van der Waals surface area contributed by atoms with Crippen LogP contribution in [-0.2, 0) is 4.79 Å². The van der Waals surface area contributed by atoms with Gasteiger partial charge in [-0.15, -0.1) is 11.3 Å². The summed E-state index contributed by atoms with van der Waals surface area (Å²) in [6.07, 6.45) is 0. The minimum absolute atomic E-state index is 0.196. The lowest BCUT2D eigenvalue weighted by molar-refractivity contribution is -0.118. The van der Waals surface area contributed by atoms with Gasteiger partial charge in [0.05, 0.1) is 20.3 Å². The molecule has 1 aromatic heterocycles. The Bertz CT molecular complexity index is 1180. The van der Waals surface area contributed by atoms with Crippen LogP contribution in [0.3, 0.4) is 0 Å². The molecule has 0 aliphatic heterocycles. The van der Waals surface area contributed by atoms with Gasteiger partial charge in [-0.3, -0.25) is 4.79 Å². The van der Waals surface area contributed by atoms with E-state index in [1.807, 2.05) is 30.3 Å². The molecule has 0 spiro atoms. The first-order valence-electron chi connectivity index (χ1n) is 8.53. The van der Waals surface area contributed by atoms with E-state index in [1.54, 1.807) is 41.7 Å². The summed E-state index contributed by atoms with van der Waals surface area (Å²) in [6, 6.07) is 18.0. The molecule has 0 bridgehead atoms. The summed E-state index contributed by atoms with van der Waals surface area (Å²) in [6.45, 7) is -0.196. The van der Waals surface area contributed by atoms with Crippen molar-refractivity contribution in [2.24, 2.45) is 0 Å². The highest BCUT2D eigenvalue weighted by molar-refractivity contribution is 7.21. The van der Waals surface area contributed by atoms with Crippen molar-refractivity contribution in [1.82, 2.24) is 4.98 Å². The van der Waals surface area contributed by atoms with Crippen molar-refractivity contribution in [3.63, 3.8) is 0 Å². The third kappa shape index (κ3) is 4.65. The first kappa shape index (κ1) is 20.0. The highest BCUT2D eigenvalue weighted by Crippen LogP contribution is 2.35. The van der Waals surface area contributed by atoms with E-state index >= 15 is 0 Å². The van der Waals surface area contributed by atoms with E-state index in [1.165, 1.54) is 0 Å². The number of nitrogens with one attached hydrogen (secondary N) is 1. The second-order valence-corrected chi connectivity index (χ2v) is 8.37. The number of halogens is 3. The number of aromatic nitrogens is 1. The van der Waals surface area contributed by atoms with Crippen LogP contribution in [0.1, 0.15) is 0 Å². The van der Waals surface area contributed by atoms with Crippen LogP contribution < -0.4 is 10.1 Å². The number of carbonyl (C=O) groups is 1. The Morgan fingerprint density at radius 3 is 2.59 bits per heavy atom. The SMILES string of the molecule is O=C(COc1ccc(Cl)cc1Cl)Nc1ccc(-c2nc3ccccc3s2)c(Cl)c1. The number of amides is 1. The second kappa shape index (κ2) is 8.59. The van der Waals surface area contributed by atoms with Crippen LogP contribution in [0.5, 0.6) is 5.75 Å². The first-order valence-corrected chi connectivity index (χ1v) is 10.5. The predicted octanol–water partition coefficient (Wildman–Crippen LogP) is 6.94. The van der Waals surface area contributed by atoms with Crippen LogP contribution in [0, 0.1) is 0 Å². The Balaban J connectivity index is 1.44. The minimum Gasteiger partial charge on any atom is -0.482 e. The molecular formula is C21H13Cl3N2O2S. The highest BCUT2D eigenvalue weighted by Gasteiger charge is 2.12. The van der Waals surface area contributed by atoms with Crippen molar-refractivity contribution >= 4 is 68.0 Å². The van der Waals surface area contributed by atoms with Crippen molar-refractivity contribution in [2.75, 3.05) is 11.9 Å². The molecule has 0 saturated heterocycles. The number of hydrogen-bond acceptors (Lipinski definition) is 4. The van der Waals surface area contributed by atoms with Crippen molar-refractivity contribution in [2.45, 2.75) is 0 Å². The highest BCUT2D eigenvalue weighted by atomic mass is 35.5. The van der Waals surface area contributed by atoms with Crippen LogP contribution >= 0.6 is 46.1 Å². The monoisotopic (exact) mass is 462 g/mol. The van der Waals surface area contributed by atoms with E-state index in [4.69, 9.17) is 39.5 Å². The quantitative estimate of drug-likeness (QED) is 0.349. The van der Waals surface area contributed by atoms with Gasteiger partial charge in [-0.1, -0.05) is 46.9 Å². The summed E-state index contributed by atoms with van der Waals surface area (Å²) in [5, 5.41) is 4.92. The minimum atomic E-state index is -0.333. The zero-order valence-electron chi connectivity index (χ0n) is 14.8. The molecule has 0 radical (unpaired) electrons. The summed E-state index contributed by atoms with van der Waals surface area (Å²) in [4.78, 5) is 16.8. The molecule has 0 fully saturated rings. The molecule has 1 amide bonds.